The summed E-state index contributed by atoms with van der Waals surface area (Å²) in [6, 6.07) is 17.4. The highest BCUT2D eigenvalue weighted by molar-refractivity contribution is 5.70. The zero-order valence-electron chi connectivity index (χ0n) is 19.4. The molecule has 1 aromatic heterocycles. The number of rotatable bonds is 6. The summed E-state index contributed by atoms with van der Waals surface area (Å²) < 4.78 is 42.7. The van der Waals surface area contributed by atoms with Gasteiger partial charge in [0.1, 0.15) is 35.6 Å². The molecular weight excluding hydrogens is 468 g/mol. The molecule has 2 N–H and O–H groups in total. The maximum atomic E-state index is 14.7. The second kappa shape index (κ2) is 9.43. The van der Waals surface area contributed by atoms with Crippen LogP contribution in [0.15, 0.2) is 82.4 Å². The molecule has 2 heterocycles. The van der Waals surface area contributed by atoms with Gasteiger partial charge in [0.2, 0.25) is 5.88 Å². The molecule has 2 atom stereocenters. The number of ether oxygens (including phenoxy) is 2. The summed E-state index contributed by atoms with van der Waals surface area (Å²) in [5, 5.41) is 0. The molecule has 0 saturated carbocycles. The predicted molar refractivity (Wildman–Crippen MR) is 130 cm³/mol. The molecule has 0 radical (unpaired) electrons. The third-order valence-corrected chi connectivity index (χ3v) is 6.32. The van der Waals surface area contributed by atoms with E-state index < -0.39 is 35.0 Å². The van der Waals surface area contributed by atoms with Gasteiger partial charge in [-0.05, 0) is 35.4 Å². The molecule has 1 aliphatic heterocycles. The quantitative estimate of drug-likeness (QED) is 0.445. The lowest BCUT2D eigenvalue weighted by Crippen LogP contribution is -2.43. The third kappa shape index (κ3) is 3.97. The Bertz CT molecular complexity index is 1530. The van der Waals surface area contributed by atoms with E-state index in [1.54, 1.807) is 48.5 Å². The molecule has 36 heavy (non-hydrogen) atoms. The normalized spacial score (nSPS) is 15.3. The predicted octanol–water partition coefficient (Wildman–Crippen LogP) is 3.65. The van der Waals surface area contributed by atoms with Crippen LogP contribution in [0.1, 0.15) is 23.2 Å². The van der Waals surface area contributed by atoms with Crippen LogP contribution in [-0.4, -0.2) is 22.9 Å². The molecule has 4 aromatic rings. The number of nitrogens with two attached hydrogens (primary N) is 1. The molecule has 2 unspecified atom stereocenters. The van der Waals surface area contributed by atoms with Gasteiger partial charge in [-0.2, -0.15) is 0 Å². The Morgan fingerprint density at radius 3 is 2.42 bits per heavy atom. The highest BCUT2D eigenvalue weighted by atomic mass is 19.1. The first kappa shape index (κ1) is 23.5. The molecule has 0 amide bonds. The summed E-state index contributed by atoms with van der Waals surface area (Å²) in [5.74, 6) is -1.20. The number of fused-ring (bicyclic) bond motifs is 1. The maximum absolute atomic E-state index is 14.7. The van der Waals surface area contributed by atoms with Gasteiger partial charge < -0.3 is 15.2 Å². The Kier molecular flexibility index (Phi) is 6.15. The zero-order chi connectivity index (χ0) is 25.4. The van der Waals surface area contributed by atoms with E-state index in [1.807, 2.05) is 6.07 Å². The minimum atomic E-state index is -1.11. The standard InChI is InChI=1S/C27H23F2N3O4/c1-35-18-10-5-9-17(13-18)23-25(33)31(14-21(30)16-7-3-2-4-8-16)27(34)32-22(15-36-26(23)32)24-19(28)11-6-12-20(24)29/h2-13,21-22H,14-15,30H2,1H3. The van der Waals surface area contributed by atoms with Crippen molar-refractivity contribution in [2.24, 2.45) is 5.73 Å². The van der Waals surface area contributed by atoms with Crippen LogP contribution in [0.5, 0.6) is 11.6 Å². The molecule has 0 fully saturated rings. The molecule has 3 aromatic carbocycles. The van der Waals surface area contributed by atoms with Crippen molar-refractivity contribution < 1.29 is 18.3 Å². The second-order valence-corrected chi connectivity index (χ2v) is 8.46. The summed E-state index contributed by atoms with van der Waals surface area (Å²) in [7, 11) is 1.49. The maximum Gasteiger partial charge on any atom is 0.334 e. The number of hydrogen-bond donors (Lipinski definition) is 1. The highest BCUT2D eigenvalue weighted by Crippen LogP contribution is 2.37. The molecule has 0 bridgehead atoms. The molecular formula is C27H23F2N3O4. The Morgan fingerprint density at radius 2 is 1.72 bits per heavy atom. The van der Waals surface area contributed by atoms with Crippen molar-refractivity contribution in [1.82, 2.24) is 9.13 Å². The van der Waals surface area contributed by atoms with Gasteiger partial charge in [0.05, 0.1) is 19.2 Å². The second-order valence-electron chi connectivity index (χ2n) is 8.46. The van der Waals surface area contributed by atoms with Gasteiger partial charge in [-0.1, -0.05) is 48.5 Å². The minimum Gasteiger partial charge on any atom is -0.497 e. The number of hydrogen-bond acceptors (Lipinski definition) is 5. The Morgan fingerprint density at radius 1 is 1.03 bits per heavy atom. The lowest BCUT2D eigenvalue weighted by Gasteiger charge is -2.19. The summed E-state index contributed by atoms with van der Waals surface area (Å²) >= 11 is 0. The smallest absolute Gasteiger partial charge is 0.334 e. The van der Waals surface area contributed by atoms with Gasteiger partial charge >= 0.3 is 5.69 Å². The van der Waals surface area contributed by atoms with Crippen molar-refractivity contribution in [3.8, 4) is 22.8 Å². The molecule has 5 rings (SSSR count). The van der Waals surface area contributed by atoms with Crippen molar-refractivity contribution >= 4 is 0 Å². The van der Waals surface area contributed by atoms with Crippen molar-refractivity contribution in [1.29, 1.82) is 0 Å². The average Bonchev–Trinajstić information content (AvgIpc) is 3.31. The van der Waals surface area contributed by atoms with E-state index in [-0.39, 0.29) is 30.2 Å². The number of halogens is 2. The van der Waals surface area contributed by atoms with Crippen molar-refractivity contribution in [2.45, 2.75) is 18.6 Å². The third-order valence-electron chi connectivity index (χ3n) is 6.32. The molecule has 184 valence electrons. The molecule has 0 saturated heterocycles. The van der Waals surface area contributed by atoms with Crippen LogP contribution in [0.4, 0.5) is 8.78 Å². The monoisotopic (exact) mass is 491 g/mol. The molecule has 9 heteroatoms. The zero-order valence-corrected chi connectivity index (χ0v) is 19.4. The fraction of sp³-hybridized carbons (Fsp3) is 0.185. The van der Waals surface area contributed by atoms with E-state index in [4.69, 9.17) is 15.2 Å². The van der Waals surface area contributed by atoms with Gasteiger partial charge in [0.15, 0.2) is 0 Å². The van der Waals surface area contributed by atoms with Crippen LogP contribution in [0.25, 0.3) is 11.1 Å². The Balaban J connectivity index is 1.75. The average molecular weight is 491 g/mol. The van der Waals surface area contributed by atoms with Gasteiger partial charge in [0, 0.05) is 6.04 Å². The number of nitrogens with zero attached hydrogens (tertiary/aromatic N) is 2. The first-order chi connectivity index (χ1) is 17.4. The van der Waals surface area contributed by atoms with Crippen molar-refractivity contribution in [3.05, 3.63) is 116 Å². The summed E-state index contributed by atoms with van der Waals surface area (Å²) in [6.45, 7) is -0.371. The van der Waals surface area contributed by atoms with Crippen LogP contribution in [0.2, 0.25) is 0 Å². The topological polar surface area (TPSA) is 88.5 Å². The summed E-state index contributed by atoms with van der Waals surface area (Å²) in [5.41, 5.74) is 5.89. The van der Waals surface area contributed by atoms with Crippen LogP contribution in [0, 0.1) is 11.6 Å². The first-order valence-electron chi connectivity index (χ1n) is 11.3. The molecule has 1 aliphatic rings. The van der Waals surface area contributed by atoms with Gasteiger partial charge in [-0.25, -0.2) is 13.6 Å². The van der Waals surface area contributed by atoms with E-state index >= 15 is 0 Å². The highest BCUT2D eigenvalue weighted by Gasteiger charge is 2.36. The lowest BCUT2D eigenvalue weighted by atomic mass is 10.0. The molecule has 0 spiro atoms. The van der Waals surface area contributed by atoms with E-state index in [2.05, 4.69) is 0 Å². The SMILES string of the molecule is COc1cccc(-c2c3n(c(=O)n(CC(N)c4ccccc4)c2=O)C(c2c(F)cccc2F)CO3)c1. The van der Waals surface area contributed by atoms with E-state index in [0.717, 1.165) is 26.8 Å². The Labute approximate surface area is 205 Å². The molecule has 7 nitrogen and oxygen atoms in total. The van der Waals surface area contributed by atoms with Gasteiger partial charge in [-0.15, -0.1) is 0 Å². The van der Waals surface area contributed by atoms with Crippen molar-refractivity contribution in [2.75, 3.05) is 13.7 Å². The van der Waals surface area contributed by atoms with Gasteiger partial charge in [-0.3, -0.25) is 13.9 Å². The molecule has 0 aliphatic carbocycles. The minimum absolute atomic E-state index is 0.0598. The largest absolute Gasteiger partial charge is 0.497 e. The van der Waals surface area contributed by atoms with E-state index in [9.17, 15) is 18.4 Å². The lowest BCUT2D eigenvalue weighted by molar-refractivity contribution is 0.337. The number of methoxy groups -OCH3 is 1. The van der Waals surface area contributed by atoms with Gasteiger partial charge in [0.25, 0.3) is 5.56 Å². The van der Waals surface area contributed by atoms with Crippen LogP contribution in [0.3, 0.4) is 0 Å². The van der Waals surface area contributed by atoms with Crippen LogP contribution < -0.4 is 26.5 Å². The summed E-state index contributed by atoms with van der Waals surface area (Å²) in [4.78, 5) is 27.4. The van der Waals surface area contributed by atoms with Crippen LogP contribution >= 0.6 is 0 Å². The van der Waals surface area contributed by atoms with Crippen molar-refractivity contribution in [3.63, 3.8) is 0 Å². The first-order valence-corrected chi connectivity index (χ1v) is 11.3. The Hall–Kier alpha value is -4.24. The van der Waals surface area contributed by atoms with Crippen LogP contribution in [-0.2, 0) is 6.54 Å². The number of aromatic nitrogens is 2. The summed E-state index contributed by atoms with van der Waals surface area (Å²) in [6.07, 6.45) is 0. The fourth-order valence-corrected chi connectivity index (χ4v) is 4.53. The van der Waals surface area contributed by atoms with E-state index in [0.29, 0.717) is 11.3 Å². The van der Waals surface area contributed by atoms with E-state index in [1.165, 1.54) is 13.2 Å². The number of benzene rings is 3. The fourth-order valence-electron chi connectivity index (χ4n) is 4.53.